The van der Waals surface area contributed by atoms with Crippen molar-refractivity contribution in [2.45, 2.75) is 24.5 Å². The zero-order valence-electron chi connectivity index (χ0n) is 9.50. The third-order valence-corrected chi connectivity index (χ3v) is 4.81. The Bertz CT molecular complexity index is 495. The number of rotatable bonds is 6. The highest BCUT2D eigenvalue weighted by molar-refractivity contribution is 7.91. The van der Waals surface area contributed by atoms with Crippen molar-refractivity contribution in [3.8, 4) is 0 Å². The van der Waals surface area contributed by atoms with Gasteiger partial charge >= 0.3 is 5.97 Å². The molecule has 6 nitrogen and oxygen atoms in total. The van der Waals surface area contributed by atoms with Crippen LogP contribution < -0.4 is 4.72 Å². The number of aryl methyl sites for hydroxylation is 1. The number of aliphatic carboxylic acids is 1. The molecular formula is C9H14N2O4S2. The molecule has 0 spiro atoms. The number of carboxylic acids is 1. The van der Waals surface area contributed by atoms with E-state index in [0.717, 1.165) is 11.3 Å². The maximum absolute atomic E-state index is 11.7. The first-order valence-electron chi connectivity index (χ1n) is 4.95. The molecule has 0 radical (unpaired) electrons. The molecule has 96 valence electrons. The Kier molecular flexibility index (Phi) is 4.61. The average Bonchev–Trinajstić information content (AvgIpc) is 2.62. The lowest BCUT2D eigenvalue weighted by Crippen LogP contribution is -2.28. The van der Waals surface area contributed by atoms with Crippen molar-refractivity contribution < 1.29 is 18.3 Å². The fourth-order valence-electron chi connectivity index (χ4n) is 1.16. The van der Waals surface area contributed by atoms with Gasteiger partial charge in [-0.05, 0) is 12.8 Å². The number of nitrogens with one attached hydrogen (secondary N) is 1. The van der Waals surface area contributed by atoms with E-state index in [0.29, 0.717) is 5.01 Å². The largest absolute Gasteiger partial charge is 0.481 e. The Morgan fingerprint density at radius 3 is 2.76 bits per heavy atom. The molecule has 0 bridgehead atoms. The summed E-state index contributed by atoms with van der Waals surface area (Å²) < 4.78 is 26.0. The number of carbonyl (C=O) groups is 1. The Morgan fingerprint density at radius 1 is 1.65 bits per heavy atom. The molecule has 0 amide bonds. The molecule has 0 aliphatic rings. The van der Waals surface area contributed by atoms with E-state index in [1.54, 1.807) is 13.8 Å². The van der Waals surface area contributed by atoms with Crippen LogP contribution in [0.1, 0.15) is 18.4 Å². The highest BCUT2D eigenvalue weighted by Gasteiger charge is 2.18. The molecule has 1 rings (SSSR count). The van der Waals surface area contributed by atoms with E-state index in [1.165, 1.54) is 6.20 Å². The van der Waals surface area contributed by atoms with Crippen LogP contribution in [-0.2, 0) is 14.8 Å². The molecule has 1 heterocycles. The van der Waals surface area contributed by atoms with Crippen LogP contribution >= 0.6 is 11.3 Å². The van der Waals surface area contributed by atoms with E-state index in [2.05, 4.69) is 9.71 Å². The van der Waals surface area contributed by atoms with Crippen molar-refractivity contribution >= 4 is 27.3 Å². The molecule has 0 fully saturated rings. The fourth-order valence-corrected chi connectivity index (χ4v) is 3.48. The quantitative estimate of drug-likeness (QED) is 0.803. The summed E-state index contributed by atoms with van der Waals surface area (Å²) in [6.45, 7) is 3.50. The number of hydrogen-bond acceptors (Lipinski definition) is 5. The van der Waals surface area contributed by atoms with E-state index in [9.17, 15) is 13.2 Å². The Morgan fingerprint density at radius 2 is 2.29 bits per heavy atom. The first-order valence-corrected chi connectivity index (χ1v) is 7.25. The van der Waals surface area contributed by atoms with Crippen molar-refractivity contribution in [3.63, 3.8) is 0 Å². The maximum atomic E-state index is 11.7. The second-order valence-corrected chi connectivity index (χ2v) is 6.98. The van der Waals surface area contributed by atoms with E-state index >= 15 is 0 Å². The molecule has 2 N–H and O–H groups in total. The Labute approximate surface area is 104 Å². The van der Waals surface area contributed by atoms with Gasteiger partial charge in [0.25, 0.3) is 10.0 Å². The van der Waals surface area contributed by atoms with Crippen molar-refractivity contribution in [1.82, 2.24) is 9.71 Å². The fraction of sp³-hybridized carbons (Fsp3) is 0.556. The summed E-state index contributed by atoms with van der Waals surface area (Å²) in [5, 5.41) is 9.22. The lowest BCUT2D eigenvalue weighted by atomic mass is 10.1. The van der Waals surface area contributed by atoms with Gasteiger partial charge in [-0.15, -0.1) is 11.3 Å². The Hall–Kier alpha value is -0.990. The number of thiazole rings is 1. The van der Waals surface area contributed by atoms with Gasteiger partial charge in [-0.1, -0.05) is 6.92 Å². The minimum Gasteiger partial charge on any atom is -0.481 e. The predicted molar refractivity (Wildman–Crippen MR) is 63.5 cm³/mol. The predicted octanol–water partition coefficient (Wildman–Crippen LogP) is 0.841. The van der Waals surface area contributed by atoms with E-state index < -0.39 is 16.0 Å². The molecule has 0 aliphatic carbocycles. The van der Waals surface area contributed by atoms with Gasteiger partial charge in [-0.3, -0.25) is 4.79 Å². The van der Waals surface area contributed by atoms with Gasteiger partial charge in [0.15, 0.2) is 4.21 Å². The number of hydrogen-bond donors (Lipinski definition) is 2. The van der Waals surface area contributed by atoms with E-state index in [-0.39, 0.29) is 23.1 Å². The molecule has 17 heavy (non-hydrogen) atoms. The zero-order valence-corrected chi connectivity index (χ0v) is 11.1. The topological polar surface area (TPSA) is 96.4 Å². The van der Waals surface area contributed by atoms with Crippen LogP contribution in [0, 0.1) is 12.8 Å². The van der Waals surface area contributed by atoms with Gasteiger partial charge < -0.3 is 5.11 Å². The molecule has 8 heteroatoms. The molecule has 1 unspecified atom stereocenters. The van der Waals surface area contributed by atoms with Gasteiger partial charge in [-0.2, -0.15) is 0 Å². The standard InChI is InChI=1S/C9H14N2O4S2/c1-6(3-8(12)13)4-11-17(14,15)9-5-10-7(2)16-9/h5-6,11H,3-4H2,1-2H3,(H,12,13). The zero-order chi connectivity index (χ0) is 13.1. The van der Waals surface area contributed by atoms with Crippen LogP contribution in [0.4, 0.5) is 0 Å². The van der Waals surface area contributed by atoms with Crippen molar-refractivity contribution in [1.29, 1.82) is 0 Å². The summed E-state index contributed by atoms with van der Waals surface area (Å²) in [4.78, 5) is 14.3. The third kappa shape index (κ3) is 4.41. The lowest BCUT2D eigenvalue weighted by Gasteiger charge is -2.09. The monoisotopic (exact) mass is 278 g/mol. The summed E-state index contributed by atoms with van der Waals surface area (Å²) in [6, 6.07) is 0. The van der Waals surface area contributed by atoms with Gasteiger partial charge in [-0.25, -0.2) is 18.1 Å². The van der Waals surface area contributed by atoms with E-state index in [1.807, 2.05) is 0 Å². The minimum absolute atomic E-state index is 0.0652. The molecule has 1 atom stereocenters. The minimum atomic E-state index is -3.56. The lowest BCUT2D eigenvalue weighted by molar-refractivity contribution is -0.137. The van der Waals surface area contributed by atoms with Crippen molar-refractivity contribution in [2.24, 2.45) is 5.92 Å². The van der Waals surface area contributed by atoms with Crippen LogP contribution in [0.25, 0.3) is 0 Å². The summed E-state index contributed by atoms with van der Waals surface area (Å²) in [5.74, 6) is -1.19. The highest BCUT2D eigenvalue weighted by atomic mass is 32.2. The number of nitrogens with zero attached hydrogens (tertiary/aromatic N) is 1. The summed E-state index contributed by atoms with van der Waals surface area (Å²) in [6.07, 6.45) is 1.23. The maximum Gasteiger partial charge on any atom is 0.303 e. The van der Waals surface area contributed by atoms with Gasteiger partial charge in [0.05, 0.1) is 11.2 Å². The number of sulfonamides is 1. The second-order valence-electron chi connectivity index (χ2n) is 3.75. The van der Waals surface area contributed by atoms with Crippen LogP contribution in [0.3, 0.4) is 0 Å². The average molecular weight is 278 g/mol. The van der Waals surface area contributed by atoms with Crippen molar-refractivity contribution in [3.05, 3.63) is 11.2 Å². The first-order chi connectivity index (χ1) is 7.81. The van der Waals surface area contributed by atoms with Gasteiger partial charge in [0.2, 0.25) is 0 Å². The second kappa shape index (κ2) is 5.56. The van der Waals surface area contributed by atoms with Crippen LogP contribution in [0.2, 0.25) is 0 Å². The number of carboxylic acid groups (broad SMARTS) is 1. The highest BCUT2D eigenvalue weighted by Crippen LogP contribution is 2.17. The number of aromatic nitrogens is 1. The van der Waals surface area contributed by atoms with Crippen LogP contribution in [0.5, 0.6) is 0 Å². The van der Waals surface area contributed by atoms with E-state index in [4.69, 9.17) is 5.11 Å². The van der Waals surface area contributed by atoms with Crippen LogP contribution in [0.15, 0.2) is 10.4 Å². The Balaban J connectivity index is 2.59. The molecule has 0 saturated heterocycles. The molecule has 0 aromatic carbocycles. The normalized spacial score (nSPS) is 13.5. The third-order valence-electron chi connectivity index (χ3n) is 2.01. The molecule has 1 aromatic heterocycles. The summed E-state index contributed by atoms with van der Waals surface area (Å²) in [5.41, 5.74) is 0. The summed E-state index contributed by atoms with van der Waals surface area (Å²) >= 11 is 1.08. The summed E-state index contributed by atoms with van der Waals surface area (Å²) in [7, 11) is -3.56. The van der Waals surface area contributed by atoms with Gasteiger partial charge in [0.1, 0.15) is 0 Å². The molecular weight excluding hydrogens is 264 g/mol. The van der Waals surface area contributed by atoms with Crippen molar-refractivity contribution in [2.75, 3.05) is 6.54 Å². The van der Waals surface area contributed by atoms with Crippen LogP contribution in [-0.4, -0.2) is 31.0 Å². The first kappa shape index (κ1) is 14.1. The molecule has 0 aliphatic heterocycles. The molecule has 0 saturated carbocycles. The van der Waals surface area contributed by atoms with Gasteiger partial charge in [0, 0.05) is 13.0 Å². The smallest absolute Gasteiger partial charge is 0.303 e. The molecule has 1 aromatic rings. The SMILES string of the molecule is Cc1ncc(S(=O)(=O)NCC(C)CC(=O)O)s1.